The highest BCUT2D eigenvalue weighted by Crippen LogP contribution is 2.31. The number of halogens is 2. The van der Waals surface area contributed by atoms with Crippen molar-refractivity contribution in [2.75, 3.05) is 6.61 Å². The third-order valence-corrected chi connectivity index (χ3v) is 2.90. The molecule has 1 aromatic rings. The van der Waals surface area contributed by atoms with E-state index in [4.69, 9.17) is 4.74 Å². The van der Waals surface area contributed by atoms with Crippen molar-refractivity contribution < 1.29 is 13.5 Å². The summed E-state index contributed by atoms with van der Waals surface area (Å²) >= 11 is 0. The van der Waals surface area contributed by atoms with Crippen molar-refractivity contribution >= 4 is 5.90 Å². The van der Waals surface area contributed by atoms with E-state index < -0.39 is 17.2 Å². The van der Waals surface area contributed by atoms with Gasteiger partial charge in [0.05, 0.1) is 0 Å². The summed E-state index contributed by atoms with van der Waals surface area (Å²) in [7, 11) is 0. The maximum Gasteiger partial charge on any atom is 0.184 e. The molecule has 0 radical (unpaired) electrons. The van der Waals surface area contributed by atoms with Crippen LogP contribution < -0.4 is 0 Å². The Morgan fingerprint density at radius 2 is 2.12 bits per heavy atom. The molecule has 0 unspecified atom stereocenters. The normalized spacial score (nSPS) is 23.4. The van der Waals surface area contributed by atoms with Gasteiger partial charge in [-0.25, -0.2) is 13.8 Å². The van der Waals surface area contributed by atoms with Gasteiger partial charge in [0.1, 0.15) is 12.1 Å². The maximum absolute atomic E-state index is 13.2. The van der Waals surface area contributed by atoms with E-state index in [0.29, 0.717) is 18.1 Å². The molecule has 2 nitrogen and oxygen atoms in total. The van der Waals surface area contributed by atoms with Gasteiger partial charge in [-0.15, -0.1) is 0 Å². The van der Waals surface area contributed by atoms with Crippen molar-refractivity contribution in [2.45, 2.75) is 32.2 Å². The zero-order valence-electron chi connectivity index (χ0n) is 9.96. The maximum atomic E-state index is 13.2. The SMILES string of the molecule is CCCC1=N[C@](C)(c2ccc(F)c(F)c2)CO1. The van der Waals surface area contributed by atoms with Crippen LogP contribution in [-0.4, -0.2) is 12.5 Å². The van der Waals surface area contributed by atoms with E-state index in [1.54, 1.807) is 6.07 Å². The first-order valence-corrected chi connectivity index (χ1v) is 5.72. The second-order valence-electron chi connectivity index (χ2n) is 4.45. The summed E-state index contributed by atoms with van der Waals surface area (Å²) in [5.41, 5.74) is 0.0430. The number of nitrogens with zero attached hydrogens (tertiary/aromatic N) is 1. The van der Waals surface area contributed by atoms with Gasteiger partial charge >= 0.3 is 0 Å². The molecule has 0 bridgehead atoms. The zero-order valence-corrected chi connectivity index (χ0v) is 9.96. The lowest BCUT2D eigenvalue weighted by molar-refractivity contribution is 0.263. The molecule has 0 amide bonds. The largest absolute Gasteiger partial charge is 0.478 e. The van der Waals surface area contributed by atoms with Crippen LogP contribution in [0.2, 0.25) is 0 Å². The molecule has 0 saturated heterocycles. The van der Waals surface area contributed by atoms with Crippen LogP contribution in [0, 0.1) is 11.6 Å². The van der Waals surface area contributed by atoms with Crippen molar-refractivity contribution in [3.05, 3.63) is 35.4 Å². The average molecular weight is 239 g/mol. The molecule has 2 rings (SSSR count). The molecular weight excluding hydrogens is 224 g/mol. The van der Waals surface area contributed by atoms with E-state index in [-0.39, 0.29) is 0 Å². The Kier molecular flexibility index (Phi) is 3.13. The van der Waals surface area contributed by atoms with Gasteiger partial charge in [-0.3, -0.25) is 0 Å². The monoisotopic (exact) mass is 239 g/mol. The number of aliphatic imine (C=N–C) groups is 1. The minimum atomic E-state index is -0.845. The molecule has 1 aliphatic rings. The Morgan fingerprint density at radius 1 is 1.35 bits per heavy atom. The number of benzene rings is 1. The summed E-state index contributed by atoms with van der Waals surface area (Å²) in [6.07, 6.45) is 1.73. The van der Waals surface area contributed by atoms with Crippen molar-refractivity contribution in [3.8, 4) is 0 Å². The predicted octanol–water partition coefficient (Wildman–Crippen LogP) is 3.41. The van der Waals surface area contributed by atoms with Crippen LogP contribution in [0.3, 0.4) is 0 Å². The Balaban J connectivity index is 2.30. The van der Waals surface area contributed by atoms with E-state index >= 15 is 0 Å². The molecule has 0 fully saturated rings. The van der Waals surface area contributed by atoms with E-state index in [1.807, 2.05) is 13.8 Å². The molecule has 1 aromatic carbocycles. The number of hydrogen-bond acceptors (Lipinski definition) is 2. The quantitative estimate of drug-likeness (QED) is 0.792. The fourth-order valence-corrected chi connectivity index (χ4v) is 1.88. The summed E-state index contributed by atoms with van der Waals surface area (Å²) in [5, 5.41) is 0. The molecule has 0 N–H and O–H groups in total. The smallest absolute Gasteiger partial charge is 0.184 e. The predicted molar refractivity (Wildman–Crippen MR) is 62.0 cm³/mol. The molecule has 1 heterocycles. The Labute approximate surface area is 99.3 Å². The fourth-order valence-electron chi connectivity index (χ4n) is 1.88. The second kappa shape index (κ2) is 4.43. The highest BCUT2D eigenvalue weighted by atomic mass is 19.2. The van der Waals surface area contributed by atoms with E-state index in [0.717, 1.165) is 18.9 Å². The van der Waals surface area contributed by atoms with Crippen LogP contribution in [0.4, 0.5) is 8.78 Å². The zero-order chi connectivity index (χ0) is 12.5. The molecule has 0 saturated carbocycles. The second-order valence-corrected chi connectivity index (χ2v) is 4.45. The van der Waals surface area contributed by atoms with Gasteiger partial charge < -0.3 is 4.74 Å². The highest BCUT2D eigenvalue weighted by Gasteiger charge is 2.33. The van der Waals surface area contributed by atoms with Gasteiger partial charge in [0.25, 0.3) is 0 Å². The number of rotatable bonds is 3. The summed E-state index contributed by atoms with van der Waals surface area (Å²) in [6, 6.07) is 3.88. The Hall–Kier alpha value is -1.45. The lowest BCUT2D eigenvalue weighted by Crippen LogP contribution is -2.21. The van der Waals surface area contributed by atoms with Gasteiger partial charge in [-0.2, -0.15) is 0 Å². The summed E-state index contributed by atoms with van der Waals surface area (Å²) < 4.78 is 31.5. The summed E-state index contributed by atoms with van der Waals surface area (Å²) in [4.78, 5) is 4.46. The first-order chi connectivity index (χ1) is 8.05. The molecular formula is C13H15F2NO. The summed E-state index contributed by atoms with van der Waals surface area (Å²) in [6.45, 7) is 4.29. The summed E-state index contributed by atoms with van der Waals surface area (Å²) in [5.74, 6) is -0.989. The average Bonchev–Trinajstić information content (AvgIpc) is 2.66. The third kappa shape index (κ3) is 2.30. The van der Waals surface area contributed by atoms with Crippen molar-refractivity contribution in [1.82, 2.24) is 0 Å². The van der Waals surface area contributed by atoms with Crippen LogP contribution in [0.25, 0.3) is 0 Å². The van der Waals surface area contributed by atoms with Gasteiger partial charge in [0.15, 0.2) is 17.5 Å². The molecule has 0 aromatic heterocycles. The first kappa shape index (κ1) is 12.0. The highest BCUT2D eigenvalue weighted by molar-refractivity contribution is 5.78. The lowest BCUT2D eigenvalue weighted by Gasteiger charge is -2.18. The van der Waals surface area contributed by atoms with E-state index in [9.17, 15) is 8.78 Å². The minimum absolute atomic E-state index is 0.382. The first-order valence-electron chi connectivity index (χ1n) is 5.72. The van der Waals surface area contributed by atoms with Gasteiger partial charge in [0.2, 0.25) is 0 Å². The molecule has 92 valence electrons. The van der Waals surface area contributed by atoms with Gasteiger partial charge in [-0.05, 0) is 31.0 Å². The van der Waals surface area contributed by atoms with Crippen LogP contribution in [0.5, 0.6) is 0 Å². The van der Waals surface area contributed by atoms with E-state index in [1.165, 1.54) is 6.07 Å². The molecule has 1 aliphatic heterocycles. The molecule has 0 spiro atoms. The number of hydrogen-bond donors (Lipinski definition) is 0. The van der Waals surface area contributed by atoms with Gasteiger partial charge in [0, 0.05) is 6.42 Å². The van der Waals surface area contributed by atoms with E-state index in [2.05, 4.69) is 4.99 Å². The van der Waals surface area contributed by atoms with Gasteiger partial charge in [-0.1, -0.05) is 13.0 Å². The van der Waals surface area contributed by atoms with Crippen LogP contribution >= 0.6 is 0 Å². The van der Waals surface area contributed by atoms with Crippen molar-refractivity contribution in [1.29, 1.82) is 0 Å². The molecule has 0 aliphatic carbocycles. The molecule has 4 heteroatoms. The lowest BCUT2D eigenvalue weighted by atomic mass is 9.94. The molecule has 17 heavy (non-hydrogen) atoms. The minimum Gasteiger partial charge on any atom is -0.478 e. The third-order valence-electron chi connectivity index (χ3n) is 2.90. The Morgan fingerprint density at radius 3 is 2.76 bits per heavy atom. The van der Waals surface area contributed by atoms with Crippen LogP contribution in [0.15, 0.2) is 23.2 Å². The molecule has 1 atom stereocenters. The van der Waals surface area contributed by atoms with Crippen LogP contribution in [-0.2, 0) is 10.3 Å². The van der Waals surface area contributed by atoms with Crippen molar-refractivity contribution in [2.24, 2.45) is 4.99 Å². The van der Waals surface area contributed by atoms with Crippen molar-refractivity contribution in [3.63, 3.8) is 0 Å². The van der Waals surface area contributed by atoms with Crippen LogP contribution in [0.1, 0.15) is 32.3 Å². The Bertz CT molecular complexity index is 459. The topological polar surface area (TPSA) is 21.6 Å². The fraction of sp³-hybridized carbons (Fsp3) is 0.462. The number of ether oxygens (including phenoxy) is 1. The standard InChI is InChI=1S/C13H15F2NO/c1-3-4-12-16-13(2,8-17-12)9-5-6-10(14)11(15)7-9/h5-7H,3-4,8H2,1-2H3/t13-/m0/s1.